The number of carbonyl (C=O) groups is 1. The molecule has 0 heterocycles. The van der Waals surface area contributed by atoms with Crippen molar-refractivity contribution in [1.29, 1.82) is 0 Å². The number of carbonyl (C=O) groups excluding carboxylic acids is 1. The first-order valence-electron chi connectivity index (χ1n) is 9.91. The topological polar surface area (TPSA) is 78.3 Å². The number of hydrogen-bond acceptors (Lipinski definition) is 5. The summed E-state index contributed by atoms with van der Waals surface area (Å²) in [7, 11) is 0. The standard InChI is InChI=1S/C19H40N2O2S/c1-2-3-4-5-6-7-8-9-10-11-12-13-14-24-17-19(22)23-18(15-20)16-21/h18H,2-17,20-21H2,1H3. The zero-order valence-corrected chi connectivity index (χ0v) is 16.6. The average molecular weight is 361 g/mol. The lowest BCUT2D eigenvalue weighted by Gasteiger charge is -2.13. The molecule has 0 aromatic heterocycles. The minimum atomic E-state index is -0.329. The van der Waals surface area contributed by atoms with E-state index in [9.17, 15) is 4.79 Å². The van der Waals surface area contributed by atoms with Crippen molar-refractivity contribution in [3.8, 4) is 0 Å². The van der Waals surface area contributed by atoms with Crippen LogP contribution < -0.4 is 11.5 Å². The van der Waals surface area contributed by atoms with Crippen molar-refractivity contribution >= 4 is 17.7 Å². The lowest BCUT2D eigenvalue weighted by Crippen LogP contribution is -2.34. The molecule has 0 aromatic rings. The van der Waals surface area contributed by atoms with Gasteiger partial charge in [-0.05, 0) is 12.2 Å². The van der Waals surface area contributed by atoms with E-state index in [4.69, 9.17) is 16.2 Å². The van der Waals surface area contributed by atoms with Crippen molar-refractivity contribution in [2.45, 2.75) is 90.1 Å². The first-order chi connectivity index (χ1) is 11.7. The van der Waals surface area contributed by atoms with Crippen LogP contribution in [0.15, 0.2) is 0 Å². The minimum absolute atomic E-state index is 0.195. The fraction of sp³-hybridized carbons (Fsp3) is 0.947. The van der Waals surface area contributed by atoms with Crippen molar-refractivity contribution in [2.24, 2.45) is 11.5 Å². The summed E-state index contributed by atoms with van der Waals surface area (Å²) in [6, 6.07) is 0. The predicted octanol–water partition coefficient (Wildman–Crippen LogP) is 4.25. The molecule has 5 heteroatoms. The molecular formula is C19H40N2O2S. The van der Waals surface area contributed by atoms with Gasteiger partial charge in [0.1, 0.15) is 6.10 Å². The fourth-order valence-corrected chi connectivity index (χ4v) is 3.40. The molecule has 0 radical (unpaired) electrons. The van der Waals surface area contributed by atoms with Crippen LogP contribution in [-0.2, 0) is 9.53 Å². The summed E-state index contributed by atoms with van der Waals surface area (Å²) in [4.78, 5) is 11.5. The Morgan fingerprint density at radius 1 is 0.833 bits per heavy atom. The summed E-state index contributed by atoms with van der Waals surface area (Å²) >= 11 is 1.65. The lowest BCUT2D eigenvalue weighted by atomic mass is 10.1. The molecule has 144 valence electrons. The van der Waals surface area contributed by atoms with E-state index in [0.717, 1.165) is 5.75 Å². The fourth-order valence-electron chi connectivity index (χ4n) is 2.61. The average Bonchev–Trinajstić information content (AvgIpc) is 2.60. The highest BCUT2D eigenvalue weighted by Gasteiger charge is 2.10. The van der Waals surface area contributed by atoms with Crippen LogP contribution >= 0.6 is 11.8 Å². The van der Waals surface area contributed by atoms with Crippen LogP contribution in [0.3, 0.4) is 0 Å². The molecule has 0 spiro atoms. The Morgan fingerprint density at radius 2 is 1.29 bits per heavy atom. The zero-order chi connectivity index (χ0) is 17.9. The van der Waals surface area contributed by atoms with E-state index in [1.54, 1.807) is 11.8 Å². The van der Waals surface area contributed by atoms with Crippen LogP contribution in [-0.4, -0.2) is 36.7 Å². The van der Waals surface area contributed by atoms with Gasteiger partial charge >= 0.3 is 5.97 Å². The van der Waals surface area contributed by atoms with Crippen LogP contribution in [0.5, 0.6) is 0 Å². The van der Waals surface area contributed by atoms with Crippen molar-refractivity contribution in [3.05, 3.63) is 0 Å². The van der Waals surface area contributed by atoms with Gasteiger partial charge in [0, 0.05) is 13.1 Å². The molecule has 0 unspecified atom stereocenters. The second-order valence-electron chi connectivity index (χ2n) is 6.52. The molecule has 0 bridgehead atoms. The Kier molecular flexibility index (Phi) is 18.9. The maximum absolute atomic E-state index is 11.5. The molecule has 0 aliphatic rings. The Labute approximate surface area is 153 Å². The molecule has 0 saturated carbocycles. The van der Waals surface area contributed by atoms with Crippen LogP contribution in [0.2, 0.25) is 0 Å². The minimum Gasteiger partial charge on any atom is -0.459 e. The third-order valence-corrected chi connectivity index (χ3v) is 5.20. The van der Waals surface area contributed by atoms with E-state index >= 15 is 0 Å². The molecule has 24 heavy (non-hydrogen) atoms. The van der Waals surface area contributed by atoms with Gasteiger partial charge in [-0.25, -0.2) is 0 Å². The molecule has 0 amide bonds. The molecule has 0 fully saturated rings. The van der Waals surface area contributed by atoms with Gasteiger partial charge in [0.2, 0.25) is 0 Å². The van der Waals surface area contributed by atoms with Crippen LogP contribution in [0, 0.1) is 0 Å². The van der Waals surface area contributed by atoms with E-state index in [-0.39, 0.29) is 12.1 Å². The maximum atomic E-state index is 11.5. The highest BCUT2D eigenvalue weighted by Crippen LogP contribution is 2.13. The van der Waals surface area contributed by atoms with Gasteiger partial charge in [0.25, 0.3) is 0 Å². The van der Waals surface area contributed by atoms with E-state index in [1.807, 2.05) is 0 Å². The van der Waals surface area contributed by atoms with Gasteiger partial charge in [0.15, 0.2) is 0 Å². The van der Waals surface area contributed by atoms with Gasteiger partial charge in [-0.2, -0.15) is 11.8 Å². The quantitative estimate of drug-likeness (QED) is 0.282. The Morgan fingerprint density at radius 3 is 1.75 bits per heavy atom. The summed E-state index contributed by atoms with van der Waals surface area (Å²) in [5.74, 6) is 1.25. The molecule has 0 aromatic carbocycles. The molecule has 0 aliphatic carbocycles. The second-order valence-corrected chi connectivity index (χ2v) is 7.63. The second kappa shape index (κ2) is 19.1. The molecule has 4 nitrogen and oxygen atoms in total. The summed E-state index contributed by atoms with van der Waals surface area (Å²) in [6.45, 7) is 2.86. The molecule has 4 N–H and O–H groups in total. The summed E-state index contributed by atoms with van der Waals surface area (Å²) in [5.41, 5.74) is 10.9. The Bertz CT molecular complexity index is 274. The third-order valence-electron chi connectivity index (χ3n) is 4.19. The van der Waals surface area contributed by atoms with Gasteiger partial charge in [-0.3, -0.25) is 4.79 Å². The van der Waals surface area contributed by atoms with Gasteiger partial charge in [-0.1, -0.05) is 77.6 Å². The van der Waals surface area contributed by atoms with Gasteiger partial charge < -0.3 is 16.2 Å². The zero-order valence-electron chi connectivity index (χ0n) is 15.8. The summed E-state index contributed by atoms with van der Waals surface area (Å²) < 4.78 is 5.15. The number of esters is 1. The normalized spacial score (nSPS) is 11.2. The van der Waals surface area contributed by atoms with Crippen LogP contribution in [0.1, 0.15) is 84.0 Å². The van der Waals surface area contributed by atoms with Crippen LogP contribution in [0.4, 0.5) is 0 Å². The molecule has 0 saturated heterocycles. The van der Waals surface area contributed by atoms with Crippen LogP contribution in [0.25, 0.3) is 0 Å². The smallest absolute Gasteiger partial charge is 0.316 e. The summed E-state index contributed by atoms with van der Waals surface area (Å²) in [5, 5.41) is 0. The number of ether oxygens (including phenoxy) is 1. The molecule has 0 atom stereocenters. The Hall–Kier alpha value is -0.260. The van der Waals surface area contributed by atoms with Crippen molar-refractivity contribution in [1.82, 2.24) is 0 Å². The Balaban J connectivity index is 3.18. The highest BCUT2D eigenvalue weighted by molar-refractivity contribution is 7.99. The largest absolute Gasteiger partial charge is 0.459 e. The highest BCUT2D eigenvalue weighted by atomic mass is 32.2. The number of unbranched alkanes of at least 4 members (excludes halogenated alkanes) is 11. The molecule has 0 rings (SSSR count). The van der Waals surface area contributed by atoms with E-state index in [0.29, 0.717) is 18.8 Å². The number of nitrogens with two attached hydrogens (primary N) is 2. The third kappa shape index (κ3) is 16.6. The van der Waals surface area contributed by atoms with E-state index in [1.165, 1.54) is 77.0 Å². The van der Waals surface area contributed by atoms with Crippen molar-refractivity contribution in [2.75, 3.05) is 24.6 Å². The SMILES string of the molecule is CCCCCCCCCCCCCCSCC(=O)OC(CN)CN. The lowest BCUT2D eigenvalue weighted by molar-refractivity contribution is -0.144. The van der Waals surface area contributed by atoms with Gasteiger partial charge in [-0.15, -0.1) is 0 Å². The van der Waals surface area contributed by atoms with Crippen molar-refractivity contribution in [3.63, 3.8) is 0 Å². The maximum Gasteiger partial charge on any atom is 0.316 e. The summed E-state index contributed by atoms with van der Waals surface area (Å²) in [6.07, 6.45) is 16.0. The van der Waals surface area contributed by atoms with E-state index < -0.39 is 0 Å². The first kappa shape index (κ1) is 23.7. The predicted molar refractivity (Wildman–Crippen MR) is 106 cm³/mol. The number of rotatable bonds is 18. The van der Waals surface area contributed by atoms with E-state index in [2.05, 4.69) is 6.92 Å². The number of thioether (sulfide) groups is 1. The monoisotopic (exact) mass is 360 g/mol. The first-order valence-corrected chi connectivity index (χ1v) is 11.1. The van der Waals surface area contributed by atoms with Crippen molar-refractivity contribution < 1.29 is 9.53 Å². The van der Waals surface area contributed by atoms with Gasteiger partial charge in [0.05, 0.1) is 5.75 Å². The number of hydrogen-bond donors (Lipinski definition) is 2. The molecule has 0 aliphatic heterocycles. The molecular weight excluding hydrogens is 320 g/mol.